The van der Waals surface area contributed by atoms with Crippen LogP contribution in [0.5, 0.6) is 0 Å². The van der Waals surface area contributed by atoms with Gasteiger partial charge in [0.15, 0.2) is 0 Å². The molecule has 2 heteroatoms. The molecule has 1 saturated carbocycles. The first-order chi connectivity index (χ1) is 9.81. The van der Waals surface area contributed by atoms with E-state index in [2.05, 4.69) is 48.5 Å². The lowest BCUT2D eigenvalue weighted by Crippen LogP contribution is -2.31. The summed E-state index contributed by atoms with van der Waals surface area (Å²) in [7, 11) is 2.26. The first-order valence-corrected chi connectivity index (χ1v) is 8.33. The van der Waals surface area contributed by atoms with Crippen LogP contribution in [0.2, 0.25) is 0 Å². The van der Waals surface area contributed by atoms with Crippen molar-refractivity contribution >= 4 is 5.69 Å². The largest absolute Gasteiger partial charge is 0.372 e. The molecule has 0 saturated heterocycles. The zero-order valence-electron chi connectivity index (χ0n) is 13.2. The normalized spacial score (nSPS) is 16.9. The third-order valence-corrected chi connectivity index (χ3v) is 4.47. The van der Waals surface area contributed by atoms with Crippen LogP contribution in [0, 0.1) is 0 Å². The minimum atomic E-state index is 0.738. The van der Waals surface area contributed by atoms with Gasteiger partial charge in [-0.05, 0) is 43.5 Å². The third kappa shape index (κ3) is 4.52. The molecule has 0 spiro atoms. The summed E-state index contributed by atoms with van der Waals surface area (Å²) in [6.45, 7) is 4.29. The van der Waals surface area contributed by atoms with Gasteiger partial charge in [-0.1, -0.05) is 44.7 Å². The summed E-state index contributed by atoms with van der Waals surface area (Å²) in [5.41, 5.74) is 2.76. The van der Waals surface area contributed by atoms with Crippen molar-refractivity contribution in [3.8, 4) is 0 Å². The van der Waals surface area contributed by atoms with E-state index in [4.69, 9.17) is 0 Å². The van der Waals surface area contributed by atoms with Crippen LogP contribution in [0.4, 0.5) is 5.69 Å². The molecule has 20 heavy (non-hydrogen) atoms. The van der Waals surface area contributed by atoms with Crippen molar-refractivity contribution in [3.05, 3.63) is 29.8 Å². The molecule has 0 amide bonds. The zero-order chi connectivity index (χ0) is 14.2. The summed E-state index contributed by atoms with van der Waals surface area (Å²) in [5.74, 6) is 0. The molecule has 1 N–H and O–H groups in total. The van der Waals surface area contributed by atoms with E-state index in [1.807, 2.05) is 0 Å². The minimum absolute atomic E-state index is 0.738. The Morgan fingerprint density at radius 2 is 1.70 bits per heavy atom. The highest BCUT2D eigenvalue weighted by atomic mass is 15.1. The van der Waals surface area contributed by atoms with Gasteiger partial charge in [0.2, 0.25) is 0 Å². The van der Waals surface area contributed by atoms with Crippen molar-refractivity contribution in [1.29, 1.82) is 0 Å². The van der Waals surface area contributed by atoms with Crippen LogP contribution in [-0.4, -0.2) is 19.6 Å². The predicted octanol–water partition coefficient (Wildman–Crippen LogP) is 4.35. The lowest BCUT2D eigenvalue weighted by Gasteiger charge is -2.29. The van der Waals surface area contributed by atoms with Gasteiger partial charge in [-0.25, -0.2) is 0 Å². The number of hydrogen-bond acceptors (Lipinski definition) is 2. The van der Waals surface area contributed by atoms with Gasteiger partial charge in [-0.3, -0.25) is 0 Å². The molecule has 2 nitrogen and oxygen atoms in total. The van der Waals surface area contributed by atoms with Gasteiger partial charge in [-0.2, -0.15) is 0 Å². The summed E-state index contributed by atoms with van der Waals surface area (Å²) in [6, 6.07) is 9.85. The Hall–Kier alpha value is -1.02. The highest BCUT2D eigenvalue weighted by Crippen LogP contribution is 2.25. The summed E-state index contributed by atoms with van der Waals surface area (Å²) in [5, 5.41) is 3.46. The van der Waals surface area contributed by atoms with Crippen LogP contribution in [0.15, 0.2) is 24.3 Å². The third-order valence-electron chi connectivity index (χ3n) is 4.47. The first-order valence-electron chi connectivity index (χ1n) is 8.33. The maximum atomic E-state index is 3.46. The molecular weight excluding hydrogens is 244 g/mol. The molecule has 2 rings (SSSR count). The molecule has 1 aromatic rings. The fraction of sp³-hybridized carbons (Fsp3) is 0.667. The first kappa shape index (κ1) is 15.4. The Kier molecular flexibility index (Phi) is 6.38. The number of nitrogens with one attached hydrogen (secondary N) is 1. The fourth-order valence-corrected chi connectivity index (χ4v) is 3.11. The average Bonchev–Trinajstić information content (AvgIpc) is 2.77. The molecule has 0 aromatic heterocycles. The summed E-state index contributed by atoms with van der Waals surface area (Å²) < 4.78 is 0. The molecular formula is C18H30N2. The molecule has 1 aliphatic rings. The SMILES string of the molecule is CCCNCc1ccc(N(C)C2CCCCCC2)cc1. The average molecular weight is 274 g/mol. The Labute approximate surface area is 124 Å². The van der Waals surface area contributed by atoms with Crippen LogP contribution in [0.25, 0.3) is 0 Å². The zero-order valence-corrected chi connectivity index (χ0v) is 13.2. The van der Waals surface area contributed by atoms with Gasteiger partial charge in [-0.15, -0.1) is 0 Å². The molecule has 1 fully saturated rings. The van der Waals surface area contributed by atoms with Crippen LogP contribution in [0.1, 0.15) is 57.4 Å². The van der Waals surface area contributed by atoms with E-state index < -0.39 is 0 Å². The Balaban J connectivity index is 1.90. The smallest absolute Gasteiger partial charge is 0.0366 e. The van der Waals surface area contributed by atoms with Gasteiger partial charge in [0, 0.05) is 25.3 Å². The summed E-state index contributed by atoms with van der Waals surface area (Å²) >= 11 is 0. The van der Waals surface area contributed by atoms with Crippen LogP contribution in [-0.2, 0) is 6.54 Å². The van der Waals surface area contributed by atoms with E-state index >= 15 is 0 Å². The van der Waals surface area contributed by atoms with Crippen molar-refractivity contribution in [2.24, 2.45) is 0 Å². The molecule has 1 aromatic carbocycles. The molecule has 1 aliphatic carbocycles. The van der Waals surface area contributed by atoms with Gasteiger partial charge in [0.05, 0.1) is 0 Å². The van der Waals surface area contributed by atoms with E-state index in [9.17, 15) is 0 Å². The van der Waals surface area contributed by atoms with Crippen molar-refractivity contribution < 1.29 is 0 Å². The topological polar surface area (TPSA) is 15.3 Å². The number of anilines is 1. The molecule has 0 heterocycles. The van der Waals surface area contributed by atoms with Gasteiger partial charge < -0.3 is 10.2 Å². The summed E-state index contributed by atoms with van der Waals surface area (Å²) in [4.78, 5) is 2.49. The van der Waals surface area contributed by atoms with E-state index in [1.54, 1.807) is 0 Å². The Bertz CT molecular complexity index is 364. The molecule has 0 aliphatic heterocycles. The number of benzene rings is 1. The second-order valence-electron chi connectivity index (χ2n) is 6.10. The predicted molar refractivity (Wildman–Crippen MR) is 88.3 cm³/mol. The van der Waals surface area contributed by atoms with E-state index in [0.29, 0.717) is 0 Å². The lowest BCUT2D eigenvalue weighted by molar-refractivity contribution is 0.553. The van der Waals surface area contributed by atoms with E-state index in [1.165, 1.54) is 56.2 Å². The lowest BCUT2D eigenvalue weighted by atomic mass is 10.1. The maximum absolute atomic E-state index is 3.46. The second-order valence-corrected chi connectivity index (χ2v) is 6.10. The van der Waals surface area contributed by atoms with E-state index in [0.717, 1.165) is 19.1 Å². The maximum Gasteiger partial charge on any atom is 0.0366 e. The monoisotopic (exact) mass is 274 g/mol. The number of rotatable bonds is 6. The highest BCUT2D eigenvalue weighted by molar-refractivity contribution is 5.47. The van der Waals surface area contributed by atoms with Gasteiger partial charge >= 0.3 is 0 Å². The number of nitrogens with zero attached hydrogens (tertiary/aromatic N) is 1. The Morgan fingerprint density at radius 3 is 2.30 bits per heavy atom. The van der Waals surface area contributed by atoms with Crippen molar-refractivity contribution in [3.63, 3.8) is 0 Å². The van der Waals surface area contributed by atoms with E-state index in [-0.39, 0.29) is 0 Å². The molecule has 0 atom stereocenters. The number of hydrogen-bond donors (Lipinski definition) is 1. The van der Waals surface area contributed by atoms with Gasteiger partial charge in [0.1, 0.15) is 0 Å². The molecule has 0 radical (unpaired) electrons. The van der Waals surface area contributed by atoms with Crippen LogP contribution >= 0.6 is 0 Å². The summed E-state index contributed by atoms with van der Waals surface area (Å²) in [6.07, 6.45) is 9.55. The second kappa shape index (κ2) is 8.31. The fourth-order valence-electron chi connectivity index (χ4n) is 3.11. The van der Waals surface area contributed by atoms with Crippen LogP contribution in [0.3, 0.4) is 0 Å². The quantitative estimate of drug-likeness (QED) is 0.613. The molecule has 0 unspecified atom stereocenters. The van der Waals surface area contributed by atoms with Gasteiger partial charge in [0.25, 0.3) is 0 Å². The minimum Gasteiger partial charge on any atom is -0.372 e. The highest BCUT2D eigenvalue weighted by Gasteiger charge is 2.17. The van der Waals surface area contributed by atoms with Crippen molar-refractivity contribution in [2.45, 2.75) is 64.5 Å². The Morgan fingerprint density at radius 1 is 1.05 bits per heavy atom. The standard InChI is InChI=1S/C18H30N2/c1-3-14-19-15-16-10-12-18(13-11-16)20(2)17-8-6-4-5-7-9-17/h10-13,17,19H,3-9,14-15H2,1-2H3. The molecule has 112 valence electrons. The van der Waals surface area contributed by atoms with Crippen molar-refractivity contribution in [2.75, 3.05) is 18.5 Å². The van der Waals surface area contributed by atoms with Crippen molar-refractivity contribution in [1.82, 2.24) is 5.32 Å². The van der Waals surface area contributed by atoms with Crippen LogP contribution < -0.4 is 10.2 Å². The molecule has 0 bridgehead atoms.